The Labute approximate surface area is 164 Å². The van der Waals surface area contributed by atoms with Crippen LogP contribution in [-0.2, 0) is 17.6 Å². The fourth-order valence-corrected chi connectivity index (χ4v) is 4.95. The van der Waals surface area contributed by atoms with E-state index in [-0.39, 0.29) is 16.4 Å². The van der Waals surface area contributed by atoms with Gasteiger partial charge in [-0.2, -0.15) is 0 Å². The second-order valence-electron chi connectivity index (χ2n) is 6.31. The molecular weight excluding hydrogens is 384 g/mol. The predicted octanol–water partition coefficient (Wildman–Crippen LogP) is 4.02. The van der Waals surface area contributed by atoms with Gasteiger partial charge >= 0.3 is 0 Å². The zero-order valence-electron chi connectivity index (χ0n) is 14.9. The molecule has 0 bridgehead atoms. The highest BCUT2D eigenvalue weighted by atomic mass is 32.2. The quantitative estimate of drug-likeness (QED) is 0.671. The van der Waals surface area contributed by atoms with E-state index < -0.39 is 0 Å². The van der Waals surface area contributed by atoms with Crippen LogP contribution in [0.4, 0.5) is 4.79 Å². The van der Waals surface area contributed by atoms with E-state index in [0.29, 0.717) is 25.3 Å². The molecule has 1 unspecified atom stereocenters. The molecule has 0 aliphatic carbocycles. The van der Waals surface area contributed by atoms with E-state index in [1.807, 2.05) is 37.4 Å². The van der Waals surface area contributed by atoms with E-state index in [0.717, 1.165) is 44.6 Å². The first-order valence-electron chi connectivity index (χ1n) is 8.57. The molecule has 27 heavy (non-hydrogen) atoms. The minimum Gasteiger partial charge on any atom is -0.493 e. The minimum atomic E-state index is -0.368. The Balaban J connectivity index is 1.48. The van der Waals surface area contributed by atoms with Gasteiger partial charge in [0.1, 0.15) is 11.5 Å². The van der Waals surface area contributed by atoms with Crippen LogP contribution in [0, 0.1) is 13.8 Å². The summed E-state index contributed by atoms with van der Waals surface area (Å²) in [7, 11) is 0. The highest BCUT2D eigenvalue weighted by molar-refractivity contribution is 8.15. The molecule has 1 atom stereocenters. The second-order valence-corrected chi connectivity index (χ2v) is 8.40. The van der Waals surface area contributed by atoms with Gasteiger partial charge in [-0.3, -0.25) is 14.9 Å². The number of rotatable bonds is 6. The Hall–Kier alpha value is -2.32. The summed E-state index contributed by atoms with van der Waals surface area (Å²) >= 11 is 2.67. The summed E-state index contributed by atoms with van der Waals surface area (Å²) in [5.41, 5.74) is 1.97. The van der Waals surface area contributed by atoms with Crippen LogP contribution in [0.3, 0.4) is 0 Å². The number of hydrogen-bond donors (Lipinski definition) is 1. The number of carbonyl (C=O) groups is 2. The summed E-state index contributed by atoms with van der Waals surface area (Å²) in [6.07, 6.45) is 1.20. The molecule has 6 nitrogen and oxygen atoms in total. The summed E-state index contributed by atoms with van der Waals surface area (Å²) in [6.45, 7) is 4.25. The van der Waals surface area contributed by atoms with Gasteiger partial charge in [-0.1, -0.05) is 17.8 Å². The second kappa shape index (κ2) is 7.36. The van der Waals surface area contributed by atoms with Crippen molar-refractivity contribution in [3.8, 4) is 5.75 Å². The Bertz CT molecular complexity index is 1020. The fourth-order valence-electron chi connectivity index (χ4n) is 3.17. The molecule has 2 amide bonds. The van der Waals surface area contributed by atoms with Gasteiger partial charge in [-0.05, 0) is 36.4 Å². The fraction of sp³-hybridized carbons (Fsp3) is 0.316. The largest absolute Gasteiger partial charge is 0.493 e. The number of ether oxygens (including phenoxy) is 1. The van der Waals surface area contributed by atoms with Crippen molar-refractivity contribution in [1.82, 2.24) is 10.3 Å². The van der Waals surface area contributed by atoms with E-state index in [4.69, 9.17) is 9.15 Å². The maximum atomic E-state index is 11.8. The normalized spacial score (nSPS) is 16.9. The third-order valence-corrected chi connectivity index (χ3v) is 6.40. The third-order valence-electron chi connectivity index (χ3n) is 4.43. The van der Waals surface area contributed by atoms with Gasteiger partial charge in [0.25, 0.3) is 5.24 Å². The van der Waals surface area contributed by atoms with Crippen LogP contribution < -0.4 is 10.1 Å². The van der Waals surface area contributed by atoms with Crippen molar-refractivity contribution < 1.29 is 18.7 Å². The number of oxazole rings is 1. The van der Waals surface area contributed by atoms with Crippen molar-refractivity contribution in [2.75, 3.05) is 6.61 Å². The summed E-state index contributed by atoms with van der Waals surface area (Å²) in [6, 6.07) is 5.94. The molecule has 1 N–H and O–H groups in total. The molecule has 0 saturated carbocycles. The summed E-state index contributed by atoms with van der Waals surface area (Å²) in [5.74, 6) is 2.09. The molecule has 1 aromatic carbocycles. The van der Waals surface area contributed by atoms with Crippen molar-refractivity contribution in [2.45, 2.75) is 31.9 Å². The smallest absolute Gasteiger partial charge is 0.286 e. The number of amides is 2. The lowest BCUT2D eigenvalue weighted by atomic mass is 10.1. The number of aryl methyl sites for hydroxylation is 2. The van der Waals surface area contributed by atoms with Gasteiger partial charge in [0.05, 0.1) is 17.6 Å². The lowest BCUT2D eigenvalue weighted by Crippen LogP contribution is -2.25. The lowest BCUT2D eigenvalue weighted by molar-refractivity contribution is -0.118. The van der Waals surface area contributed by atoms with Crippen LogP contribution in [0.15, 0.2) is 28.0 Å². The van der Waals surface area contributed by atoms with Crippen LogP contribution in [0.25, 0.3) is 10.1 Å². The number of hydrogen-bond acceptors (Lipinski definition) is 7. The molecule has 4 rings (SSSR count). The number of thioether (sulfide) groups is 1. The summed E-state index contributed by atoms with van der Waals surface area (Å²) in [4.78, 5) is 27.6. The van der Waals surface area contributed by atoms with Gasteiger partial charge in [0, 0.05) is 23.4 Å². The van der Waals surface area contributed by atoms with E-state index >= 15 is 0 Å². The zero-order chi connectivity index (χ0) is 19.0. The maximum Gasteiger partial charge on any atom is 0.286 e. The average molecular weight is 402 g/mol. The van der Waals surface area contributed by atoms with Gasteiger partial charge in [0.15, 0.2) is 5.89 Å². The molecule has 1 aliphatic heterocycles. The topological polar surface area (TPSA) is 81.4 Å². The number of aromatic nitrogens is 1. The van der Waals surface area contributed by atoms with E-state index in [9.17, 15) is 9.59 Å². The summed E-state index contributed by atoms with van der Waals surface area (Å²) in [5, 5.41) is 4.74. The lowest BCUT2D eigenvalue weighted by Gasteiger charge is -2.11. The van der Waals surface area contributed by atoms with Crippen LogP contribution in [-0.4, -0.2) is 28.0 Å². The number of benzene rings is 1. The molecule has 2 aromatic heterocycles. The maximum absolute atomic E-state index is 11.8. The highest BCUT2D eigenvalue weighted by Gasteiger charge is 2.32. The predicted molar refractivity (Wildman–Crippen MR) is 106 cm³/mol. The Morgan fingerprint density at radius 2 is 2.11 bits per heavy atom. The first kappa shape index (κ1) is 18.1. The SMILES string of the molecule is Cc1nc(CCOc2ccc(CC3SC(=O)NC3=O)c3sccc23)c(C)o1. The number of carbonyl (C=O) groups excluding carboxylic acids is 2. The van der Waals surface area contributed by atoms with Crippen LogP contribution in [0.1, 0.15) is 22.9 Å². The van der Waals surface area contributed by atoms with Crippen molar-refractivity contribution >= 4 is 44.3 Å². The molecule has 1 saturated heterocycles. The molecule has 3 heterocycles. The molecule has 1 aliphatic rings. The number of fused-ring (bicyclic) bond motifs is 1. The molecule has 0 spiro atoms. The number of thiophene rings is 1. The van der Waals surface area contributed by atoms with Gasteiger partial charge in [-0.15, -0.1) is 11.3 Å². The van der Waals surface area contributed by atoms with Crippen molar-refractivity contribution in [3.63, 3.8) is 0 Å². The zero-order valence-corrected chi connectivity index (χ0v) is 16.5. The highest BCUT2D eigenvalue weighted by Crippen LogP contribution is 2.35. The van der Waals surface area contributed by atoms with Crippen molar-refractivity contribution in [2.24, 2.45) is 0 Å². The molecular formula is C19H18N2O4S2. The number of nitrogens with zero attached hydrogens (tertiary/aromatic N) is 1. The van der Waals surface area contributed by atoms with Crippen LogP contribution in [0.2, 0.25) is 0 Å². The Morgan fingerprint density at radius 3 is 2.81 bits per heavy atom. The van der Waals surface area contributed by atoms with E-state index in [1.165, 1.54) is 0 Å². The van der Waals surface area contributed by atoms with Gasteiger partial charge in [0.2, 0.25) is 5.91 Å². The molecule has 0 radical (unpaired) electrons. The van der Waals surface area contributed by atoms with Gasteiger partial charge < -0.3 is 9.15 Å². The van der Waals surface area contributed by atoms with Crippen molar-refractivity contribution in [1.29, 1.82) is 0 Å². The minimum absolute atomic E-state index is 0.215. The number of imide groups is 1. The molecule has 8 heteroatoms. The van der Waals surface area contributed by atoms with E-state index in [1.54, 1.807) is 11.3 Å². The standard InChI is InChI=1S/C19H18N2O4S2/c1-10-14(20-11(2)25-10)5-7-24-15-4-3-12(17-13(15)6-8-26-17)9-16-18(22)21-19(23)27-16/h3-4,6,8,16H,5,7,9H2,1-2H3,(H,21,22,23). The average Bonchev–Trinajstić information content (AvgIpc) is 3.30. The first-order chi connectivity index (χ1) is 13.0. The first-order valence-corrected chi connectivity index (χ1v) is 10.3. The third kappa shape index (κ3) is 3.72. The van der Waals surface area contributed by atoms with Crippen LogP contribution >= 0.6 is 23.1 Å². The molecule has 3 aromatic rings. The number of nitrogens with one attached hydrogen (secondary N) is 1. The Morgan fingerprint density at radius 1 is 1.26 bits per heavy atom. The van der Waals surface area contributed by atoms with E-state index in [2.05, 4.69) is 10.3 Å². The Kier molecular flexibility index (Phi) is 4.92. The van der Waals surface area contributed by atoms with Crippen molar-refractivity contribution in [3.05, 3.63) is 46.5 Å². The van der Waals surface area contributed by atoms with Crippen LogP contribution in [0.5, 0.6) is 5.75 Å². The molecule has 1 fully saturated rings. The van der Waals surface area contributed by atoms with Gasteiger partial charge in [-0.25, -0.2) is 4.98 Å². The molecule has 140 valence electrons. The monoisotopic (exact) mass is 402 g/mol. The summed E-state index contributed by atoms with van der Waals surface area (Å²) < 4.78 is 12.5.